The Morgan fingerprint density at radius 3 is 2.38 bits per heavy atom. The van der Waals surface area contributed by atoms with Gasteiger partial charge in [0.05, 0.1) is 6.39 Å². The molecule has 0 aromatic carbocycles. The van der Waals surface area contributed by atoms with E-state index in [2.05, 4.69) is 21.1 Å². The first-order valence-electron chi connectivity index (χ1n) is 1.56. The van der Waals surface area contributed by atoms with Gasteiger partial charge in [-0.3, -0.25) is 0 Å². The molecule has 0 aliphatic rings. The third kappa shape index (κ3) is 2.91. The van der Waals surface area contributed by atoms with Crippen LogP contribution in [-0.2, 0) is 21.1 Å². The van der Waals surface area contributed by atoms with Crippen molar-refractivity contribution >= 4 is 0 Å². The number of nitrogens with zero attached hydrogens (tertiary/aromatic N) is 2. The maximum Gasteiger partial charge on any atom is 2.00 e. The normalized spacial score (nSPS) is 6.62. The third-order valence-electron chi connectivity index (χ3n) is 0.426. The van der Waals surface area contributed by atoms with Crippen molar-refractivity contribution in [3.8, 4) is 0 Å². The fourth-order valence-electron chi connectivity index (χ4n) is 0.193. The summed E-state index contributed by atoms with van der Waals surface area (Å²) in [5.74, 6) is 0.620. The van der Waals surface area contributed by atoms with Crippen LogP contribution in [0.3, 0.4) is 0 Å². The second-order valence-electron chi connectivity index (χ2n) is 0.933. The molecule has 1 aromatic heterocycles. The summed E-state index contributed by atoms with van der Waals surface area (Å²) >= 11 is 0. The Bertz CT molecular complexity index is 118. The summed E-state index contributed by atoms with van der Waals surface area (Å²) in [4.78, 5) is 3.51. The number of aromatic nitrogens is 2. The Morgan fingerprint density at radius 2 is 2.25 bits per heavy atom. The Morgan fingerprint density at radius 1 is 1.62 bits per heavy atom. The van der Waals surface area contributed by atoms with Gasteiger partial charge < -0.3 is 16.9 Å². The first-order chi connectivity index (χ1) is 2.89. The van der Waals surface area contributed by atoms with Gasteiger partial charge in [-0.1, -0.05) is 6.92 Å². The molecule has 0 unspecified atom stereocenters. The molecule has 1 aromatic rings. The molecule has 0 N–H and O–H groups in total. The van der Waals surface area contributed by atoms with E-state index in [1.807, 2.05) is 0 Å². The number of hydrogen-bond donors (Lipinski definition) is 0. The van der Waals surface area contributed by atoms with E-state index in [1.165, 1.54) is 0 Å². The molecule has 0 atom stereocenters. The minimum atomic E-state index is 0. The molecule has 1 heterocycles. The molecule has 0 fully saturated rings. The Labute approximate surface area is 62.7 Å². The molecule has 0 bridgehead atoms. The molecule has 8 heavy (non-hydrogen) atoms. The van der Waals surface area contributed by atoms with Gasteiger partial charge >= 0.3 is 21.1 Å². The SMILES string of the molecule is Cc1n[c-]on1.[CH3-].[W+2]. The van der Waals surface area contributed by atoms with E-state index in [9.17, 15) is 0 Å². The van der Waals surface area contributed by atoms with Crippen molar-refractivity contribution in [2.75, 3.05) is 0 Å². The van der Waals surface area contributed by atoms with E-state index in [0.717, 1.165) is 0 Å². The van der Waals surface area contributed by atoms with Gasteiger partial charge in [0, 0.05) is 5.82 Å². The summed E-state index contributed by atoms with van der Waals surface area (Å²) in [6.45, 7) is 1.74. The van der Waals surface area contributed by atoms with Crippen molar-refractivity contribution in [3.63, 3.8) is 0 Å². The molecular formula is C4H6N2OW. The molecule has 0 spiro atoms. The third-order valence-corrected chi connectivity index (χ3v) is 0.426. The van der Waals surface area contributed by atoms with E-state index in [4.69, 9.17) is 0 Å². The average molecular weight is 282 g/mol. The van der Waals surface area contributed by atoms with Crippen LogP contribution in [0, 0.1) is 20.7 Å². The fourth-order valence-corrected chi connectivity index (χ4v) is 0.193. The summed E-state index contributed by atoms with van der Waals surface area (Å²) in [6, 6.07) is 0. The van der Waals surface area contributed by atoms with Gasteiger partial charge in [-0.15, -0.1) is 0 Å². The predicted molar refractivity (Wildman–Crippen MR) is 24.3 cm³/mol. The molecule has 3 nitrogen and oxygen atoms in total. The van der Waals surface area contributed by atoms with Gasteiger partial charge in [-0.05, 0) is 0 Å². The van der Waals surface area contributed by atoms with Crippen LogP contribution in [0.2, 0.25) is 0 Å². The Balaban J connectivity index is 0. The second-order valence-corrected chi connectivity index (χ2v) is 0.933. The standard InChI is InChI=1S/C3H3N2O.CH3.W/c1-3-4-2-6-5-3;;/h1H3;1H3;/q2*-1;+2. The molecule has 1 rings (SSSR count). The van der Waals surface area contributed by atoms with Crippen molar-refractivity contribution in [2.24, 2.45) is 0 Å². The van der Waals surface area contributed by atoms with Crippen molar-refractivity contribution in [1.82, 2.24) is 10.1 Å². The topological polar surface area (TPSA) is 38.9 Å². The van der Waals surface area contributed by atoms with Crippen LogP contribution < -0.4 is 0 Å². The number of aryl methyl sites for hydroxylation is 1. The summed E-state index contributed by atoms with van der Waals surface area (Å²) in [7, 11) is 0. The zero-order valence-corrected chi connectivity index (χ0v) is 7.64. The maximum atomic E-state index is 4.23. The predicted octanol–water partition coefficient (Wildman–Crippen LogP) is 0.626. The summed E-state index contributed by atoms with van der Waals surface area (Å²) < 4.78 is 4.23. The van der Waals surface area contributed by atoms with Crippen LogP contribution in [-0.4, -0.2) is 10.1 Å². The van der Waals surface area contributed by atoms with Crippen LogP contribution >= 0.6 is 0 Å². The molecule has 0 amide bonds. The fraction of sp³-hybridized carbons (Fsp3) is 0.250. The van der Waals surface area contributed by atoms with Crippen molar-refractivity contribution in [3.05, 3.63) is 19.6 Å². The largest absolute Gasteiger partial charge is 2.00 e. The minimum absolute atomic E-state index is 0. The van der Waals surface area contributed by atoms with Gasteiger partial charge in [0.25, 0.3) is 0 Å². The zero-order valence-electron chi connectivity index (χ0n) is 4.71. The van der Waals surface area contributed by atoms with Crippen LogP contribution in [0.5, 0.6) is 0 Å². The quantitative estimate of drug-likeness (QED) is 0.655. The Hall–Kier alpha value is -0.172. The van der Waals surface area contributed by atoms with E-state index in [1.54, 1.807) is 6.92 Å². The first-order valence-corrected chi connectivity index (χ1v) is 1.56. The molecule has 0 saturated carbocycles. The van der Waals surface area contributed by atoms with Gasteiger partial charge in [-0.2, -0.15) is 5.16 Å². The van der Waals surface area contributed by atoms with Crippen molar-refractivity contribution in [2.45, 2.75) is 6.92 Å². The molecule has 0 aliphatic carbocycles. The minimum Gasteiger partial charge on any atom is -0.459 e. The molecule has 44 valence electrons. The average Bonchev–Trinajstić information content (AvgIpc) is 1.86. The molecule has 4 heteroatoms. The summed E-state index contributed by atoms with van der Waals surface area (Å²) in [6.07, 6.45) is 2.19. The number of rotatable bonds is 0. The smallest absolute Gasteiger partial charge is 0.459 e. The molecular weight excluding hydrogens is 276 g/mol. The van der Waals surface area contributed by atoms with E-state index >= 15 is 0 Å². The van der Waals surface area contributed by atoms with Gasteiger partial charge in [0.2, 0.25) is 0 Å². The monoisotopic (exact) mass is 282 g/mol. The van der Waals surface area contributed by atoms with Crippen molar-refractivity contribution in [1.29, 1.82) is 0 Å². The van der Waals surface area contributed by atoms with Crippen molar-refractivity contribution < 1.29 is 25.6 Å². The summed E-state index contributed by atoms with van der Waals surface area (Å²) in [5, 5.41) is 3.38. The number of hydrogen-bond acceptors (Lipinski definition) is 3. The van der Waals surface area contributed by atoms with E-state index in [-0.39, 0.29) is 28.5 Å². The molecule has 0 saturated heterocycles. The van der Waals surface area contributed by atoms with Gasteiger partial charge in [0.1, 0.15) is 0 Å². The summed E-state index contributed by atoms with van der Waals surface area (Å²) in [5.41, 5.74) is 0. The van der Waals surface area contributed by atoms with E-state index in [0.29, 0.717) is 5.82 Å². The van der Waals surface area contributed by atoms with Gasteiger partial charge in [-0.25, -0.2) is 0 Å². The molecule has 0 radical (unpaired) electrons. The van der Waals surface area contributed by atoms with E-state index < -0.39 is 0 Å². The van der Waals surface area contributed by atoms with Gasteiger partial charge in [0.15, 0.2) is 0 Å². The van der Waals surface area contributed by atoms with Crippen LogP contribution in [0.1, 0.15) is 5.82 Å². The van der Waals surface area contributed by atoms with Crippen LogP contribution in [0.4, 0.5) is 0 Å². The Kier molecular flexibility index (Phi) is 6.68. The first kappa shape index (κ1) is 10.7. The zero-order chi connectivity index (χ0) is 4.41. The second kappa shape index (κ2) is 4.97. The van der Waals surface area contributed by atoms with Crippen LogP contribution in [0.15, 0.2) is 4.52 Å². The maximum absolute atomic E-state index is 4.23. The molecule has 0 aliphatic heterocycles. The van der Waals surface area contributed by atoms with Crippen LogP contribution in [0.25, 0.3) is 0 Å².